The van der Waals surface area contributed by atoms with Crippen LogP contribution in [0.3, 0.4) is 0 Å². The second kappa shape index (κ2) is 5.31. The molecule has 2 aliphatic rings. The monoisotopic (exact) mass is 273 g/mol. The van der Waals surface area contributed by atoms with E-state index in [1.165, 1.54) is 12.0 Å². The van der Waals surface area contributed by atoms with E-state index in [9.17, 15) is 0 Å². The number of rotatable bonds is 4. The van der Waals surface area contributed by atoms with Gasteiger partial charge in [-0.15, -0.1) is 0 Å². The number of hydrogen-bond donors (Lipinski definition) is 1. The van der Waals surface area contributed by atoms with E-state index in [2.05, 4.69) is 46.0 Å². The largest absolute Gasteiger partial charge is 0.380 e. The zero-order valence-electron chi connectivity index (χ0n) is 12.3. The summed E-state index contributed by atoms with van der Waals surface area (Å²) in [7, 11) is 2.14. The van der Waals surface area contributed by atoms with Crippen molar-refractivity contribution in [3.05, 3.63) is 23.5 Å². The van der Waals surface area contributed by atoms with Crippen LogP contribution in [0.5, 0.6) is 0 Å². The lowest BCUT2D eigenvalue weighted by Gasteiger charge is -2.20. The van der Waals surface area contributed by atoms with Crippen LogP contribution in [-0.4, -0.2) is 41.5 Å². The molecule has 0 aliphatic carbocycles. The third kappa shape index (κ3) is 2.57. The van der Waals surface area contributed by atoms with Crippen molar-refractivity contribution in [2.45, 2.75) is 26.2 Å². The highest BCUT2D eigenvalue weighted by Crippen LogP contribution is 2.31. The van der Waals surface area contributed by atoms with Crippen molar-refractivity contribution in [1.29, 1.82) is 0 Å². The molecule has 0 radical (unpaired) electrons. The highest BCUT2D eigenvalue weighted by molar-refractivity contribution is 5.48. The highest BCUT2D eigenvalue weighted by Gasteiger charge is 2.32. The molecule has 2 aliphatic heterocycles. The number of nitrogens with zero attached hydrogens (tertiary/aromatic N) is 4. The molecule has 2 N–H and O–H groups in total. The Bertz CT molecular complexity index is 525. The van der Waals surface area contributed by atoms with Crippen LogP contribution >= 0.6 is 0 Å². The quantitative estimate of drug-likeness (QED) is 0.904. The van der Waals surface area contributed by atoms with Gasteiger partial charge in [0.05, 0.1) is 0 Å². The van der Waals surface area contributed by atoms with Gasteiger partial charge in [-0.1, -0.05) is 13.3 Å². The van der Waals surface area contributed by atoms with Crippen molar-refractivity contribution in [3.8, 4) is 0 Å². The Balaban J connectivity index is 1.77. The number of hydrogen-bond acceptors (Lipinski definition) is 5. The minimum absolute atomic E-state index is 0.400. The van der Waals surface area contributed by atoms with E-state index in [4.69, 9.17) is 5.73 Å². The summed E-state index contributed by atoms with van der Waals surface area (Å²) in [6, 6.07) is 2.11. The zero-order chi connectivity index (χ0) is 14.1. The van der Waals surface area contributed by atoms with Crippen LogP contribution in [0.1, 0.15) is 25.5 Å². The fraction of sp³-hybridized carbons (Fsp3) is 0.600. The molecule has 108 valence electrons. The van der Waals surface area contributed by atoms with E-state index in [0.29, 0.717) is 11.9 Å². The first-order valence-corrected chi connectivity index (χ1v) is 7.45. The van der Waals surface area contributed by atoms with Crippen LogP contribution in [-0.2, 0) is 6.42 Å². The summed E-state index contributed by atoms with van der Waals surface area (Å²) in [4.78, 5) is 13.4. The van der Waals surface area contributed by atoms with Crippen LogP contribution in [0, 0.1) is 5.92 Å². The Morgan fingerprint density at radius 1 is 1.35 bits per heavy atom. The Kier molecular flexibility index (Phi) is 3.51. The number of nitrogen functional groups attached to an aromatic ring is 1. The van der Waals surface area contributed by atoms with Gasteiger partial charge in [-0.2, -0.15) is 4.98 Å². The molecule has 0 bridgehead atoms. The van der Waals surface area contributed by atoms with Crippen LogP contribution in [0.4, 0.5) is 11.8 Å². The van der Waals surface area contributed by atoms with Crippen molar-refractivity contribution in [1.82, 2.24) is 14.9 Å². The Hall–Kier alpha value is -1.78. The van der Waals surface area contributed by atoms with Crippen LogP contribution in [0.25, 0.3) is 0 Å². The van der Waals surface area contributed by atoms with Crippen molar-refractivity contribution in [2.24, 2.45) is 5.92 Å². The van der Waals surface area contributed by atoms with Gasteiger partial charge in [0, 0.05) is 50.6 Å². The van der Waals surface area contributed by atoms with E-state index in [1.807, 2.05) is 0 Å². The van der Waals surface area contributed by atoms with E-state index in [0.717, 1.165) is 44.0 Å². The lowest BCUT2D eigenvalue weighted by Crippen LogP contribution is -2.25. The summed E-state index contributed by atoms with van der Waals surface area (Å²) in [6.45, 7) is 5.32. The normalized spacial score (nSPS) is 21.3. The standard InChI is InChI=1S/C15H23N5/c1-3-4-5-13-6-14(18-15(16)17-13)20-9-11-7-19(2)8-12(11)10-20/h6-7,12H,3-5,8-10H2,1-2H3,(H2,16,17,18). The smallest absolute Gasteiger partial charge is 0.222 e. The Morgan fingerprint density at radius 2 is 2.20 bits per heavy atom. The van der Waals surface area contributed by atoms with Gasteiger partial charge in [-0.25, -0.2) is 4.98 Å². The molecule has 1 fully saturated rings. The van der Waals surface area contributed by atoms with Crippen molar-refractivity contribution in [3.63, 3.8) is 0 Å². The molecule has 0 spiro atoms. The third-order valence-electron chi connectivity index (χ3n) is 4.13. The molecular formula is C15H23N5. The van der Waals surface area contributed by atoms with Crippen molar-refractivity contribution >= 4 is 11.8 Å². The molecule has 0 saturated carbocycles. The SMILES string of the molecule is CCCCc1cc(N2CC3=CN(C)CC3C2)nc(N)n1. The van der Waals surface area contributed by atoms with E-state index < -0.39 is 0 Å². The number of unbranched alkanes of at least 4 members (excludes halogenated alkanes) is 1. The van der Waals surface area contributed by atoms with Crippen LogP contribution in [0.15, 0.2) is 17.8 Å². The lowest BCUT2D eigenvalue weighted by molar-refractivity contribution is 0.442. The summed E-state index contributed by atoms with van der Waals surface area (Å²) in [5.41, 5.74) is 8.45. The van der Waals surface area contributed by atoms with E-state index in [-0.39, 0.29) is 0 Å². The van der Waals surface area contributed by atoms with E-state index >= 15 is 0 Å². The zero-order valence-corrected chi connectivity index (χ0v) is 12.3. The van der Waals surface area contributed by atoms with Gasteiger partial charge in [0.25, 0.3) is 0 Å². The second-order valence-corrected chi connectivity index (χ2v) is 5.90. The summed E-state index contributed by atoms with van der Waals surface area (Å²) >= 11 is 0. The Morgan fingerprint density at radius 3 is 2.95 bits per heavy atom. The van der Waals surface area contributed by atoms with Gasteiger partial charge >= 0.3 is 0 Å². The number of aryl methyl sites for hydroxylation is 1. The molecule has 1 aromatic rings. The topological polar surface area (TPSA) is 58.3 Å². The average Bonchev–Trinajstić information content (AvgIpc) is 2.92. The van der Waals surface area contributed by atoms with Crippen LogP contribution in [0.2, 0.25) is 0 Å². The number of fused-ring (bicyclic) bond motifs is 1. The molecule has 3 heterocycles. The molecule has 1 aromatic heterocycles. The van der Waals surface area contributed by atoms with Gasteiger partial charge in [-0.3, -0.25) is 0 Å². The maximum atomic E-state index is 5.86. The second-order valence-electron chi connectivity index (χ2n) is 5.90. The minimum Gasteiger partial charge on any atom is -0.380 e. The van der Waals surface area contributed by atoms with Crippen molar-refractivity contribution < 1.29 is 0 Å². The minimum atomic E-state index is 0.400. The summed E-state index contributed by atoms with van der Waals surface area (Å²) in [5.74, 6) is 2.04. The molecule has 5 heteroatoms. The Labute approximate surface area is 120 Å². The summed E-state index contributed by atoms with van der Waals surface area (Å²) in [5, 5.41) is 0. The first-order chi connectivity index (χ1) is 9.65. The number of nitrogens with two attached hydrogens (primary N) is 1. The van der Waals surface area contributed by atoms with E-state index in [1.54, 1.807) is 0 Å². The van der Waals surface area contributed by atoms with Crippen molar-refractivity contribution in [2.75, 3.05) is 37.3 Å². The van der Waals surface area contributed by atoms with Gasteiger partial charge in [-0.05, 0) is 18.4 Å². The van der Waals surface area contributed by atoms with Crippen LogP contribution < -0.4 is 10.6 Å². The maximum absolute atomic E-state index is 5.86. The molecule has 1 saturated heterocycles. The molecular weight excluding hydrogens is 250 g/mol. The highest BCUT2D eigenvalue weighted by atomic mass is 15.3. The maximum Gasteiger partial charge on any atom is 0.222 e. The first kappa shape index (κ1) is 13.2. The molecule has 5 nitrogen and oxygen atoms in total. The fourth-order valence-corrected chi connectivity index (χ4v) is 3.13. The molecule has 1 atom stereocenters. The third-order valence-corrected chi connectivity index (χ3v) is 4.13. The number of aromatic nitrogens is 2. The average molecular weight is 273 g/mol. The fourth-order valence-electron chi connectivity index (χ4n) is 3.13. The molecule has 3 rings (SSSR count). The predicted molar refractivity (Wildman–Crippen MR) is 81.5 cm³/mol. The van der Waals surface area contributed by atoms with Gasteiger partial charge in [0.2, 0.25) is 5.95 Å². The van der Waals surface area contributed by atoms with Gasteiger partial charge in [0.15, 0.2) is 0 Å². The summed E-state index contributed by atoms with van der Waals surface area (Å²) in [6.07, 6.45) is 5.57. The number of anilines is 2. The first-order valence-electron chi connectivity index (χ1n) is 7.45. The molecule has 20 heavy (non-hydrogen) atoms. The molecule has 1 unspecified atom stereocenters. The van der Waals surface area contributed by atoms with Gasteiger partial charge < -0.3 is 15.5 Å². The predicted octanol–water partition coefficient (Wildman–Crippen LogP) is 1.67. The summed E-state index contributed by atoms with van der Waals surface area (Å²) < 4.78 is 0. The molecule has 0 amide bonds. The molecule has 0 aromatic carbocycles. The van der Waals surface area contributed by atoms with Gasteiger partial charge in [0.1, 0.15) is 5.82 Å². The lowest BCUT2D eigenvalue weighted by atomic mass is 10.1.